The van der Waals surface area contributed by atoms with Crippen LogP contribution in [0.4, 0.5) is 4.79 Å². The predicted octanol–water partition coefficient (Wildman–Crippen LogP) is 5.81. The van der Waals surface area contributed by atoms with Crippen molar-refractivity contribution in [2.75, 3.05) is 13.2 Å². The highest BCUT2D eigenvalue weighted by atomic mass is 32.2. The van der Waals surface area contributed by atoms with Crippen LogP contribution in [0.3, 0.4) is 0 Å². The molecule has 0 aromatic heterocycles. The molecule has 1 fully saturated rings. The van der Waals surface area contributed by atoms with Gasteiger partial charge in [0.2, 0.25) is 0 Å². The number of nitrogens with zero attached hydrogens (tertiary/aromatic N) is 1. The summed E-state index contributed by atoms with van der Waals surface area (Å²) in [5, 5.41) is 1.76. The summed E-state index contributed by atoms with van der Waals surface area (Å²) in [5.74, 6) is -0.0440. The molecule has 0 saturated carbocycles. The largest absolute Gasteiger partial charge is 0.490 e. The van der Waals surface area contributed by atoms with E-state index in [0.717, 1.165) is 33.0 Å². The molecule has 0 N–H and O–H groups in total. The first-order valence-corrected chi connectivity index (χ1v) is 12.5. The summed E-state index contributed by atoms with van der Waals surface area (Å²) in [6.07, 6.45) is 1.28. The molecule has 0 radical (unpaired) electrons. The fourth-order valence-electron chi connectivity index (χ4n) is 3.79. The molecule has 2 amide bonds. The number of fused-ring (bicyclic) bond motifs is 1. The molecule has 1 heterocycles. The minimum Gasteiger partial charge on any atom is -0.490 e. The third-order valence-corrected chi connectivity index (χ3v) is 6.26. The highest BCUT2D eigenvalue weighted by Gasteiger charge is 2.36. The van der Waals surface area contributed by atoms with Crippen LogP contribution in [-0.4, -0.2) is 41.3 Å². The smallest absolute Gasteiger partial charge is 0.326 e. The maximum Gasteiger partial charge on any atom is 0.326 e. The summed E-state index contributed by atoms with van der Waals surface area (Å²) in [6.45, 7) is 5.68. The Morgan fingerprint density at radius 1 is 1.00 bits per heavy atom. The lowest BCUT2D eigenvalue weighted by molar-refractivity contribution is -0.149. The van der Waals surface area contributed by atoms with Gasteiger partial charge in [0.15, 0.2) is 11.5 Å². The lowest BCUT2D eigenvalue weighted by Crippen LogP contribution is -2.35. The maximum atomic E-state index is 12.7. The topological polar surface area (TPSA) is 82.1 Å². The summed E-state index contributed by atoms with van der Waals surface area (Å²) in [6, 6.07) is 19.6. The van der Waals surface area contributed by atoms with Crippen molar-refractivity contribution in [1.29, 1.82) is 0 Å². The van der Waals surface area contributed by atoms with E-state index < -0.39 is 23.7 Å². The second-order valence-electron chi connectivity index (χ2n) is 8.37. The highest BCUT2D eigenvalue weighted by molar-refractivity contribution is 8.18. The fourth-order valence-corrected chi connectivity index (χ4v) is 4.63. The number of hydrogen-bond donors (Lipinski definition) is 0. The molecule has 1 aliphatic rings. The number of esters is 1. The van der Waals surface area contributed by atoms with Crippen LogP contribution in [0.2, 0.25) is 0 Å². The lowest BCUT2D eigenvalue weighted by atomic mass is 10.1. The van der Waals surface area contributed by atoms with Gasteiger partial charge in [0.1, 0.15) is 13.2 Å². The van der Waals surface area contributed by atoms with Crippen LogP contribution in [0.1, 0.15) is 31.9 Å². The Bertz CT molecular complexity index is 1330. The molecule has 0 bridgehead atoms. The average Bonchev–Trinajstić information content (AvgIpc) is 3.10. The van der Waals surface area contributed by atoms with Crippen molar-refractivity contribution < 1.29 is 28.6 Å². The van der Waals surface area contributed by atoms with Crippen molar-refractivity contribution in [2.45, 2.75) is 33.5 Å². The van der Waals surface area contributed by atoms with Crippen LogP contribution in [0.15, 0.2) is 65.6 Å². The molecule has 0 aliphatic carbocycles. The first-order chi connectivity index (χ1) is 17.4. The number of imide groups is 1. The van der Waals surface area contributed by atoms with Crippen molar-refractivity contribution in [3.63, 3.8) is 0 Å². The van der Waals surface area contributed by atoms with Gasteiger partial charge in [0.25, 0.3) is 11.1 Å². The number of rotatable bonds is 9. The van der Waals surface area contributed by atoms with Crippen LogP contribution >= 0.6 is 11.8 Å². The van der Waals surface area contributed by atoms with Gasteiger partial charge in [-0.3, -0.25) is 19.3 Å². The van der Waals surface area contributed by atoms with Gasteiger partial charge in [-0.15, -0.1) is 0 Å². The van der Waals surface area contributed by atoms with Gasteiger partial charge < -0.3 is 14.2 Å². The molecule has 0 unspecified atom stereocenters. The predicted molar refractivity (Wildman–Crippen MR) is 140 cm³/mol. The van der Waals surface area contributed by atoms with Crippen LogP contribution in [-0.2, 0) is 20.9 Å². The van der Waals surface area contributed by atoms with Gasteiger partial charge in [0.05, 0.1) is 17.6 Å². The van der Waals surface area contributed by atoms with Crippen molar-refractivity contribution >= 4 is 45.7 Å². The van der Waals surface area contributed by atoms with Crippen LogP contribution in [0.25, 0.3) is 16.8 Å². The summed E-state index contributed by atoms with van der Waals surface area (Å²) in [4.78, 5) is 38.1. The Morgan fingerprint density at radius 3 is 2.56 bits per heavy atom. The van der Waals surface area contributed by atoms with Gasteiger partial charge in [-0.25, -0.2) is 0 Å². The number of carbonyl (C=O) groups excluding carboxylic acids is 3. The van der Waals surface area contributed by atoms with Crippen molar-refractivity contribution in [3.8, 4) is 11.5 Å². The third kappa shape index (κ3) is 5.88. The molecule has 3 aromatic rings. The van der Waals surface area contributed by atoms with Crippen LogP contribution in [0.5, 0.6) is 11.5 Å². The SMILES string of the molecule is CCOc1cc(/C=C2/SC(=O)N(CC(=O)OC(C)C)C2=O)ccc1OCc1cccc2ccccc12. The number of amides is 2. The normalized spacial score (nSPS) is 14.7. The zero-order valence-electron chi connectivity index (χ0n) is 20.4. The molecule has 4 rings (SSSR count). The molecule has 36 heavy (non-hydrogen) atoms. The molecule has 3 aromatic carbocycles. The molecule has 7 nitrogen and oxygen atoms in total. The van der Waals surface area contributed by atoms with Crippen molar-refractivity contribution in [1.82, 2.24) is 4.90 Å². The van der Waals surface area contributed by atoms with Crippen LogP contribution in [0, 0.1) is 0 Å². The molecule has 0 atom stereocenters. The number of thioether (sulfide) groups is 1. The standard InChI is InChI=1S/C28H27NO6S/c1-4-33-24-14-19(15-25-27(31)29(28(32)36-25)16-26(30)35-18(2)3)12-13-23(24)34-17-21-10-7-9-20-8-5-6-11-22(20)21/h5-15,18H,4,16-17H2,1-3H3/b25-15+. The van der Waals surface area contributed by atoms with Gasteiger partial charge in [0, 0.05) is 0 Å². The van der Waals surface area contributed by atoms with E-state index in [1.54, 1.807) is 38.1 Å². The minimum absolute atomic E-state index is 0.226. The first-order valence-electron chi connectivity index (χ1n) is 11.7. The molecular formula is C28H27NO6S. The quantitative estimate of drug-likeness (QED) is 0.268. The van der Waals surface area contributed by atoms with Crippen molar-refractivity contribution in [3.05, 3.63) is 76.7 Å². The molecule has 1 aliphatic heterocycles. The Labute approximate surface area is 214 Å². The number of benzene rings is 3. The number of ether oxygens (including phenoxy) is 3. The summed E-state index contributed by atoms with van der Waals surface area (Å²) < 4.78 is 17.0. The maximum absolute atomic E-state index is 12.7. The van der Waals surface area contributed by atoms with E-state index in [9.17, 15) is 14.4 Å². The Balaban J connectivity index is 1.51. The lowest BCUT2D eigenvalue weighted by Gasteiger charge is -2.14. The van der Waals surface area contributed by atoms with E-state index in [2.05, 4.69) is 18.2 Å². The van der Waals surface area contributed by atoms with Crippen molar-refractivity contribution in [2.24, 2.45) is 0 Å². The molecule has 186 valence electrons. The second kappa shape index (κ2) is 11.3. The monoisotopic (exact) mass is 505 g/mol. The highest BCUT2D eigenvalue weighted by Crippen LogP contribution is 2.35. The van der Waals surface area contributed by atoms with E-state index >= 15 is 0 Å². The van der Waals surface area contributed by atoms with Gasteiger partial charge in [-0.2, -0.15) is 0 Å². The van der Waals surface area contributed by atoms with E-state index in [4.69, 9.17) is 14.2 Å². The average molecular weight is 506 g/mol. The van der Waals surface area contributed by atoms with E-state index in [-0.39, 0.29) is 11.0 Å². The van der Waals surface area contributed by atoms with Gasteiger partial charge in [-0.1, -0.05) is 48.5 Å². The molecule has 1 saturated heterocycles. The number of hydrogen-bond acceptors (Lipinski definition) is 7. The van der Waals surface area contributed by atoms with Crippen LogP contribution < -0.4 is 9.47 Å². The molecular weight excluding hydrogens is 478 g/mol. The van der Waals surface area contributed by atoms with Gasteiger partial charge >= 0.3 is 5.97 Å². The van der Waals surface area contributed by atoms with E-state index in [0.29, 0.717) is 30.3 Å². The fraction of sp³-hybridized carbons (Fsp3) is 0.250. The van der Waals surface area contributed by atoms with E-state index in [1.807, 2.05) is 31.2 Å². The first kappa shape index (κ1) is 25.3. The summed E-state index contributed by atoms with van der Waals surface area (Å²) in [5.41, 5.74) is 1.73. The summed E-state index contributed by atoms with van der Waals surface area (Å²) in [7, 11) is 0. The van der Waals surface area contributed by atoms with E-state index in [1.165, 1.54) is 0 Å². The Hall–Kier alpha value is -3.78. The molecule has 8 heteroatoms. The third-order valence-electron chi connectivity index (χ3n) is 5.36. The summed E-state index contributed by atoms with van der Waals surface area (Å²) >= 11 is 0.788. The van der Waals surface area contributed by atoms with Gasteiger partial charge in [-0.05, 0) is 72.6 Å². The number of carbonyl (C=O) groups is 3. The Morgan fingerprint density at radius 2 is 1.78 bits per heavy atom. The minimum atomic E-state index is -0.625. The zero-order valence-corrected chi connectivity index (χ0v) is 21.2. The zero-order chi connectivity index (χ0) is 25.7. The Kier molecular flexibility index (Phi) is 7.95. The second-order valence-corrected chi connectivity index (χ2v) is 9.37. The molecule has 0 spiro atoms.